The highest BCUT2D eigenvalue weighted by molar-refractivity contribution is 5.86. The first kappa shape index (κ1) is 10.6. The molecule has 0 aromatic heterocycles. The summed E-state index contributed by atoms with van der Waals surface area (Å²) >= 11 is 0. The van der Waals surface area contributed by atoms with Crippen LogP contribution in [0.4, 0.5) is 0 Å². The summed E-state index contributed by atoms with van der Waals surface area (Å²) in [5, 5.41) is 0. The molecular formula is C15H22O. The van der Waals surface area contributed by atoms with Crippen molar-refractivity contribution in [2.75, 3.05) is 0 Å². The van der Waals surface area contributed by atoms with Crippen molar-refractivity contribution in [3.63, 3.8) is 0 Å². The van der Waals surface area contributed by atoms with Crippen molar-refractivity contribution in [3.8, 4) is 0 Å². The molecule has 0 N–H and O–H groups in total. The van der Waals surface area contributed by atoms with Gasteiger partial charge in [0.15, 0.2) is 0 Å². The van der Waals surface area contributed by atoms with Gasteiger partial charge in [0.25, 0.3) is 0 Å². The summed E-state index contributed by atoms with van der Waals surface area (Å²) in [5.41, 5.74) is 0.861. The summed E-state index contributed by atoms with van der Waals surface area (Å²) in [4.78, 5) is 12.1. The molecule has 1 nitrogen and oxygen atoms in total. The standard InChI is InChI=1S/C15H22O/c1-10-11(16)8-12-13(2,3)9-14(4)6-5-7-15(10,12)14/h5,7,10,12H,6,8-9H2,1-4H3/t10-,12+,14+,15?/m0/s1. The van der Waals surface area contributed by atoms with Crippen molar-refractivity contribution in [1.29, 1.82) is 0 Å². The molecule has 3 rings (SSSR count). The Balaban J connectivity index is 2.20. The predicted molar refractivity (Wildman–Crippen MR) is 65.0 cm³/mol. The molecule has 1 unspecified atom stereocenters. The van der Waals surface area contributed by atoms with Crippen LogP contribution < -0.4 is 0 Å². The Morgan fingerprint density at radius 3 is 2.69 bits per heavy atom. The highest BCUT2D eigenvalue weighted by Crippen LogP contribution is 2.74. The Morgan fingerprint density at radius 2 is 2.00 bits per heavy atom. The Hall–Kier alpha value is -0.590. The summed E-state index contributed by atoms with van der Waals surface area (Å²) in [6.45, 7) is 9.30. The third kappa shape index (κ3) is 0.881. The fraction of sp³-hybridized carbons (Fsp3) is 0.800. The number of hydrogen-bond acceptors (Lipinski definition) is 1. The lowest BCUT2D eigenvalue weighted by molar-refractivity contribution is -0.122. The second-order valence-corrected chi connectivity index (χ2v) is 7.21. The summed E-state index contributed by atoms with van der Waals surface area (Å²) in [6, 6.07) is 0. The normalized spacial score (nSPS) is 53.1. The fourth-order valence-corrected chi connectivity index (χ4v) is 5.49. The van der Waals surface area contributed by atoms with Gasteiger partial charge in [-0.1, -0.05) is 39.8 Å². The molecule has 0 heterocycles. The van der Waals surface area contributed by atoms with E-state index in [9.17, 15) is 4.79 Å². The SMILES string of the molecule is C[C@H]1C(=O)C[C@@H]2C(C)(C)C[C@@]3(C)CC=CC213. The first-order valence-electron chi connectivity index (χ1n) is 6.54. The zero-order valence-electron chi connectivity index (χ0n) is 10.8. The van der Waals surface area contributed by atoms with Crippen molar-refractivity contribution in [1.82, 2.24) is 0 Å². The van der Waals surface area contributed by atoms with Crippen molar-refractivity contribution in [3.05, 3.63) is 12.2 Å². The average molecular weight is 218 g/mol. The van der Waals surface area contributed by atoms with Crippen LogP contribution in [-0.2, 0) is 4.79 Å². The molecule has 16 heavy (non-hydrogen) atoms. The van der Waals surface area contributed by atoms with Crippen molar-refractivity contribution in [2.24, 2.45) is 28.1 Å². The van der Waals surface area contributed by atoms with E-state index in [1.54, 1.807) is 0 Å². The largest absolute Gasteiger partial charge is 0.299 e. The molecule has 0 bridgehead atoms. The van der Waals surface area contributed by atoms with Gasteiger partial charge in [0, 0.05) is 17.8 Å². The van der Waals surface area contributed by atoms with E-state index in [1.807, 2.05) is 0 Å². The quantitative estimate of drug-likeness (QED) is 0.568. The molecule has 0 aliphatic heterocycles. The first-order chi connectivity index (χ1) is 7.33. The number of Topliss-reactive ketones (excluding diaryl/α,β-unsaturated/α-hetero) is 1. The number of carbonyl (C=O) groups is 1. The summed E-state index contributed by atoms with van der Waals surface area (Å²) in [5.74, 6) is 1.31. The minimum atomic E-state index is 0.188. The topological polar surface area (TPSA) is 17.1 Å². The molecule has 0 saturated heterocycles. The van der Waals surface area contributed by atoms with Crippen molar-refractivity contribution >= 4 is 5.78 Å². The third-order valence-corrected chi connectivity index (χ3v) is 5.98. The summed E-state index contributed by atoms with van der Waals surface area (Å²) in [7, 11) is 0. The zero-order valence-corrected chi connectivity index (χ0v) is 10.8. The van der Waals surface area contributed by atoms with Crippen LogP contribution in [0.2, 0.25) is 0 Å². The van der Waals surface area contributed by atoms with Gasteiger partial charge < -0.3 is 0 Å². The van der Waals surface area contributed by atoms with Crippen LogP contribution in [0.3, 0.4) is 0 Å². The van der Waals surface area contributed by atoms with E-state index >= 15 is 0 Å². The van der Waals surface area contributed by atoms with Crippen molar-refractivity contribution < 1.29 is 4.79 Å². The van der Waals surface area contributed by atoms with Crippen LogP contribution in [0.5, 0.6) is 0 Å². The van der Waals surface area contributed by atoms with Gasteiger partial charge in [0.1, 0.15) is 5.78 Å². The second-order valence-electron chi connectivity index (χ2n) is 7.21. The first-order valence-corrected chi connectivity index (χ1v) is 6.54. The Morgan fingerprint density at radius 1 is 1.31 bits per heavy atom. The van der Waals surface area contributed by atoms with Gasteiger partial charge in [-0.05, 0) is 29.6 Å². The fourth-order valence-electron chi connectivity index (χ4n) is 5.49. The molecule has 2 fully saturated rings. The molecule has 2 saturated carbocycles. The Labute approximate surface area is 98.3 Å². The highest BCUT2D eigenvalue weighted by Gasteiger charge is 2.70. The van der Waals surface area contributed by atoms with Crippen LogP contribution in [0.15, 0.2) is 12.2 Å². The van der Waals surface area contributed by atoms with Crippen LogP contribution >= 0.6 is 0 Å². The molecule has 3 aliphatic carbocycles. The smallest absolute Gasteiger partial charge is 0.136 e. The van der Waals surface area contributed by atoms with E-state index in [4.69, 9.17) is 0 Å². The minimum absolute atomic E-state index is 0.188. The minimum Gasteiger partial charge on any atom is -0.299 e. The van der Waals surface area contributed by atoms with E-state index in [2.05, 4.69) is 39.8 Å². The number of ketones is 1. The molecule has 1 spiro atoms. The van der Waals surface area contributed by atoms with E-state index in [1.165, 1.54) is 12.8 Å². The number of hydrogen-bond donors (Lipinski definition) is 0. The molecule has 0 aromatic carbocycles. The zero-order chi connectivity index (χ0) is 11.8. The van der Waals surface area contributed by atoms with Gasteiger partial charge in [-0.2, -0.15) is 0 Å². The lowest BCUT2D eigenvalue weighted by Crippen LogP contribution is -2.37. The van der Waals surface area contributed by atoms with E-state index in [-0.39, 0.29) is 11.3 Å². The highest BCUT2D eigenvalue weighted by atomic mass is 16.1. The molecule has 88 valence electrons. The maximum atomic E-state index is 12.1. The van der Waals surface area contributed by atoms with Gasteiger partial charge in [-0.25, -0.2) is 0 Å². The number of rotatable bonds is 0. The average Bonchev–Trinajstić information content (AvgIpc) is 2.65. The van der Waals surface area contributed by atoms with Gasteiger partial charge in [-0.15, -0.1) is 0 Å². The molecule has 3 aliphatic rings. The van der Waals surface area contributed by atoms with Gasteiger partial charge in [0.05, 0.1) is 0 Å². The predicted octanol–water partition coefficient (Wildman–Crippen LogP) is 3.59. The van der Waals surface area contributed by atoms with Crippen molar-refractivity contribution in [2.45, 2.75) is 47.0 Å². The van der Waals surface area contributed by atoms with Gasteiger partial charge in [0.2, 0.25) is 0 Å². The summed E-state index contributed by atoms with van der Waals surface area (Å²) in [6.07, 6.45) is 7.99. The molecule has 0 radical (unpaired) electrons. The lowest BCUT2D eigenvalue weighted by atomic mass is 9.62. The number of carbonyl (C=O) groups excluding carboxylic acids is 1. The molecular weight excluding hydrogens is 196 g/mol. The van der Waals surface area contributed by atoms with Gasteiger partial charge >= 0.3 is 0 Å². The Kier molecular flexibility index (Phi) is 1.73. The van der Waals surface area contributed by atoms with E-state index in [0.717, 1.165) is 6.42 Å². The van der Waals surface area contributed by atoms with E-state index < -0.39 is 0 Å². The third-order valence-electron chi connectivity index (χ3n) is 5.98. The second kappa shape index (κ2) is 2.63. The lowest BCUT2D eigenvalue weighted by Gasteiger charge is -2.40. The maximum absolute atomic E-state index is 12.1. The van der Waals surface area contributed by atoms with E-state index in [0.29, 0.717) is 22.5 Å². The summed E-state index contributed by atoms with van der Waals surface area (Å²) < 4.78 is 0. The maximum Gasteiger partial charge on any atom is 0.136 e. The van der Waals surface area contributed by atoms with Gasteiger partial charge in [-0.3, -0.25) is 4.79 Å². The molecule has 1 heteroatoms. The number of allylic oxidation sites excluding steroid dienone is 2. The van der Waals surface area contributed by atoms with Crippen LogP contribution in [0.25, 0.3) is 0 Å². The molecule has 4 atom stereocenters. The van der Waals surface area contributed by atoms with Crippen LogP contribution in [0.1, 0.15) is 47.0 Å². The Bertz CT molecular complexity index is 392. The molecule has 0 amide bonds. The monoisotopic (exact) mass is 218 g/mol. The van der Waals surface area contributed by atoms with Crippen LogP contribution in [0, 0.1) is 28.1 Å². The molecule has 0 aromatic rings. The van der Waals surface area contributed by atoms with Crippen LogP contribution in [-0.4, -0.2) is 5.78 Å².